The van der Waals surface area contributed by atoms with Crippen molar-refractivity contribution in [3.8, 4) is 0 Å². The largest absolute Gasteiger partial charge is 0.355 e. The Morgan fingerprint density at radius 2 is 2.11 bits per heavy atom. The van der Waals surface area contributed by atoms with Crippen LogP contribution in [0.1, 0.15) is 36.9 Å². The molecule has 1 saturated heterocycles. The van der Waals surface area contributed by atoms with Crippen molar-refractivity contribution in [1.29, 1.82) is 0 Å². The maximum Gasteiger partial charge on any atom is 0.221 e. The third-order valence-electron chi connectivity index (χ3n) is 3.19. The molecule has 0 radical (unpaired) electrons. The van der Waals surface area contributed by atoms with Crippen LogP contribution in [0.5, 0.6) is 0 Å². The van der Waals surface area contributed by atoms with E-state index in [1.165, 1.54) is 9.75 Å². The fourth-order valence-corrected chi connectivity index (χ4v) is 3.17. The standard InChI is InChI=1S/C14H22N2OS/c1-14(2,3)12-5-4-11(18-12)10-16-8-6-13(17)15-7-9-16/h4-5H,6-10H2,1-3H3,(H,15,17). The number of hydrogen-bond acceptors (Lipinski definition) is 3. The number of nitrogens with zero attached hydrogens (tertiary/aromatic N) is 1. The highest BCUT2D eigenvalue weighted by Gasteiger charge is 2.18. The predicted molar refractivity (Wildman–Crippen MR) is 75.9 cm³/mol. The van der Waals surface area contributed by atoms with Gasteiger partial charge < -0.3 is 5.32 Å². The van der Waals surface area contributed by atoms with Gasteiger partial charge in [-0.15, -0.1) is 11.3 Å². The maximum absolute atomic E-state index is 11.3. The summed E-state index contributed by atoms with van der Waals surface area (Å²) in [7, 11) is 0. The lowest BCUT2D eigenvalue weighted by Crippen LogP contribution is -2.27. The molecule has 0 atom stereocenters. The number of rotatable bonds is 2. The van der Waals surface area contributed by atoms with E-state index in [2.05, 4.69) is 43.1 Å². The summed E-state index contributed by atoms with van der Waals surface area (Å²) in [5.41, 5.74) is 0.235. The first-order chi connectivity index (χ1) is 8.45. The van der Waals surface area contributed by atoms with Crippen LogP contribution in [-0.2, 0) is 16.8 Å². The predicted octanol–water partition coefficient (Wildman–Crippen LogP) is 2.37. The number of carbonyl (C=O) groups is 1. The third-order valence-corrected chi connectivity index (χ3v) is 4.68. The molecule has 3 nitrogen and oxygen atoms in total. The van der Waals surface area contributed by atoms with E-state index in [4.69, 9.17) is 0 Å². The smallest absolute Gasteiger partial charge is 0.221 e. The molecule has 1 amide bonds. The minimum absolute atomic E-state index is 0.180. The van der Waals surface area contributed by atoms with Gasteiger partial charge >= 0.3 is 0 Å². The van der Waals surface area contributed by atoms with Gasteiger partial charge in [-0.25, -0.2) is 0 Å². The topological polar surface area (TPSA) is 32.3 Å². The fraction of sp³-hybridized carbons (Fsp3) is 0.643. The molecule has 4 heteroatoms. The van der Waals surface area contributed by atoms with E-state index in [9.17, 15) is 4.79 Å². The van der Waals surface area contributed by atoms with E-state index >= 15 is 0 Å². The minimum atomic E-state index is 0.180. The van der Waals surface area contributed by atoms with Gasteiger partial charge in [-0.05, 0) is 17.5 Å². The molecule has 18 heavy (non-hydrogen) atoms. The lowest BCUT2D eigenvalue weighted by Gasteiger charge is -2.18. The fourth-order valence-electron chi connectivity index (χ4n) is 2.06. The molecule has 100 valence electrons. The van der Waals surface area contributed by atoms with Crippen LogP contribution in [0, 0.1) is 0 Å². The summed E-state index contributed by atoms with van der Waals surface area (Å²) < 4.78 is 0. The molecule has 0 unspecified atom stereocenters. The molecule has 0 bridgehead atoms. The first-order valence-electron chi connectivity index (χ1n) is 6.53. The van der Waals surface area contributed by atoms with Crippen LogP contribution in [0.3, 0.4) is 0 Å². The first-order valence-corrected chi connectivity index (χ1v) is 7.35. The van der Waals surface area contributed by atoms with Crippen LogP contribution in [0.2, 0.25) is 0 Å². The second kappa shape index (κ2) is 5.41. The van der Waals surface area contributed by atoms with Crippen LogP contribution >= 0.6 is 11.3 Å². The lowest BCUT2D eigenvalue weighted by atomic mass is 9.95. The molecule has 1 aliphatic rings. The van der Waals surface area contributed by atoms with Crippen LogP contribution in [0.15, 0.2) is 12.1 Å². The Morgan fingerprint density at radius 1 is 1.33 bits per heavy atom. The molecule has 2 heterocycles. The second-order valence-corrected chi connectivity index (χ2v) is 7.06. The summed E-state index contributed by atoms with van der Waals surface area (Å²) in [6.07, 6.45) is 0.623. The molecule has 2 rings (SSSR count). The van der Waals surface area contributed by atoms with Crippen molar-refractivity contribution in [3.63, 3.8) is 0 Å². The quantitative estimate of drug-likeness (QED) is 0.891. The number of hydrogen-bond donors (Lipinski definition) is 1. The average molecular weight is 266 g/mol. The Balaban J connectivity index is 1.97. The zero-order valence-corrected chi connectivity index (χ0v) is 12.3. The molecule has 0 aliphatic carbocycles. The van der Waals surface area contributed by atoms with Crippen molar-refractivity contribution in [2.75, 3.05) is 19.6 Å². The lowest BCUT2D eigenvalue weighted by molar-refractivity contribution is -0.120. The van der Waals surface area contributed by atoms with Crippen LogP contribution in [0.25, 0.3) is 0 Å². The number of amides is 1. The van der Waals surface area contributed by atoms with E-state index in [1.54, 1.807) is 0 Å². The van der Waals surface area contributed by atoms with Gasteiger partial charge in [-0.1, -0.05) is 20.8 Å². The normalized spacial score (nSPS) is 18.5. The number of thiophene rings is 1. The van der Waals surface area contributed by atoms with Crippen LogP contribution < -0.4 is 5.32 Å². The maximum atomic E-state index is 11.3. The summed E-state index contributed by atoms with van der Waals surface area (Å²) in [4.78, 5) is 16.5. The van der Waals surface area contributed by atoms with Gasteiger partial charge in [0.15, 0.2) is 0 Å². The molecule has 1 N–H and O–H groups in total. The van der Waals surface area contributed by atoms with E-state index in [-0.39, 0.29) is 11.3 Å². The van der Waals surface area contributed by atoms with Gasteiger partial charge in [0.25, 0.3) is 0 Å². The van der Waals surface area contributed by atoms with Gasteiger partial charge in [0.2, 0.25) is 5.91 Å². The van der Waals surface area contributed by atoms with Crippen molar-refractivity contribution < 1.29 is 4.79 Å². The SMILES string of the molecule is CC(C)(C)c1ccc(CN2CCNC(=O)CC2)s1. The highest BCUT2D eigenvalue weighted by molar-refractivity contribution is 7.12. The Bertz CT molecular complexity index is 420. The summed E-state index contributed by atoms with van der Waals surface area (Å²) in [6, 6.07) is 4.46. The molecule has 1 aromatic heterocycles. The van der Waals surface area contributed by atoms with Gasteiger partial charge in [0.1, 0.15) is 0 Å². The highest BCUT2D eigenvalue weighted by Crippen LogP contribution is 2.30. The molecule has 1 aromatic rings. The van der Waals surface area contributed by atoms with E-state index < -0.39 is 0 Å². The number of nitrogens with one attached hydrogen (secondary N) is 1. The molecule has 0 saturated carbocycles. The summed E-state index contributed by atoms with van der Waals surface area (Å²) in [5.74, 6) is 0.180. The molecule has 0 spiro atoms. The monoisotopic (exact) mass is 266 g/mol. The van der Waals surface area contributed by atoms with Gasteiger partial charge in [0, 0.05) is 42.4 Å². The Kier molecular flexibility index (Phi) is 4.07. The van der Waals surface area contributed by atoms with E-state index in [1.807, 2.05) is 11.3 Å². The Hall–Kier alpha value is -0.870. The van der Waals surface area contributed by atoms with Crippen molar-refractivity contribution in [2.45, 2.75) is 39.2 Å². The number of carbonyl (C=O) groups excluding carboxylic acids is 1. The van der Waals surface area contributed by atoms with Crippen LogP contribution in [0.4, 0.5) is 0 Å². The first kappa shape index (κ1) is 13.6. The second-order valence-electron chi connectivity index (χ2n) is 5.89. The Morgan fingerprint density at radius 3 is 2.78 bits per heavy atom. The van der Waals surface area contributed by atoms with Gasteiger partial charge in [0.05, 0.1) is 0 Å². The molecular weight excluding hydrogens is 244 g/mol. The molecule has 1 fully saturated rings. The van der Waals surface area contributed by atoms with Crippen molar-refractivity contribution >= 4 is 17.2 Å². The van der Waals surface area contributed by atoms with Gasteiger partial charge in [-0.3, -0.25) is 9.69 Å². The highest BCUT2D eigenvalue weighted by atomic mass is 32.1. The third kappa shape index (κ3) is 3.56. The zero-order chi connectivity index (χ0) is 13.2. The Labute approximate surface area is 113 Å². The molecular formula is C14H22N2OS. The summed E-state index contributed by atoms with van der Waals surface area (Å²) >= 11 is 1.89. The molecule has 1 aliphatic heterocycles. The summed E-state index contributed by atoms with van der Waals surface area (Å²) in [5, 5.41) is 2.91. The van der Waals surface area contributed by atoms with Crippen LogP contribution in [-0.4, -0.2) is 30.4 Å². The van der Waals surface area contributed by atoms with Gasteiger partial charge in [-0.2, -0.15) is 0 Å². The van der Waals surface area contributed by atoms with E-state index in [0.29, 0.717) is 6.42 Å². The van der Waals surface area contributed by atoms with Crippen molar-refractivity contribution in [1.82, 2.24) is 10.2 Å². The summed E-state index contributed by atoms with van der Waals surface area (Å²) in [6.45, 7) is 10.3. The zero-order valence-electron chi connectivity index (χ0n) is 11.5. The average Bonchev–Trinajstić information content (AvgIpc) is 2.65. The molecule has 0 aromatic carbocycles. The van der Waals surface area contributed by atoms with Crippen molar-refractivity contribution in [2.24, 2.45) is 0 Å². The van der Waals surface area contributed by atoms with Crippen molar-refractivity contribution in [3.05, 3.63) is 21.9 Å². The van der Waals surface area contributed by atoms with E-state index in [0.717, 1.165) is 26.2 Å². The minimum Gasteiger partial charge on any atom is -0.355 e.